The normalized spacial score (nSPS) is 11.8. The maximum Gasteiger partial charge on any atom is 0.358 e. The van der Waals surface area contributed by atoms with Gasteiger partial charge in [0.1, 0.15) is 5.82 Å². The van der Waals surface area contributed by atoms with E-state index in [4.69, 9.17) is 10.5 Å². The summed E-state index contributed by atoms with van der Waals surface area (Å²) in [6.45, 7) is 0. The Balaban J connectivity index is 1.96. The molecule has 0 spiro atoms. The van der Waals surface area contributed by atoms with Crippen LogP contribution in [-0.4, -0.2) is 27.7 Å². The highest BCUT2D eigenvalue weighted by molar-refractivity contribution is 7.98. The highest BCUT2D eigenvalue weighted by atomic mass is 32.2. The second-order valence-electron chi connectivity index (χ2n) is 5.54. The molecule has 0 saturated carbocycles. The number of thioether (sulfide) groups is 1. The Hall–Kier alpha value is -3.13. The maximum absolute atomic E-state index is 13.2. The molecule has 27 heavy (non-hydrogen) atoms. The zero-order valence-corrected chi connectivity index (χ0v) is 15.2. The highest BCUT2D eigenvalue weighted by Gasteiger charge is 2.26. The predicted molar refractivity (Wildman–Crippen MR) is 99.1 cm³/mol. The van der Waals surface area contributed by atoms with Gasteiger partial charge in [-0.1, -0.05) is 42.1 Å². The topological polar surface area (TPSA) is 87.2 Å². The average Bonchev–Trinajstić information content (AvgIpc) is 3.11. The lowest BCUT2D eigenvalue weighted by Crippen LogP contribution is -2.27. The summed E-state index contributed by atoms with van der Waals surface area (Å²) in [7, 11) is 0. The van der Waals surface area contributed by atoms with Crippen LogP contribution in [0, 0.1) is 5.82 Å². The first-order valence-electron chi connectivity index (χ1n) is 7.94. The largest absolute Gasteiger partial charge is 0.443 e. The molecule has 0 bridgehead atoms. The number of nitrogens with two attached hydrogens (primary N) is 1. The summed E-state index contributed by atoms with van der Waals surface area (Å²) in [6, 6.07) is 14.1. The standard InChI is InChI=1S/C19H16FN3O3S/c1-27-19-22-11-15(23(19)14-9-7-13(20)8-10-14)18(25)26-16(17(21)24)12-5-3-2-4-6-12/h2-11,16H,1H3,(H2,21,24). The second kappa shape index (κ2) is 8.05. The fourth-order valence-corrected chi connectivity index (χ4v) is 3.09. The van der Waals surface area contributed by atoms with Crippen molar-refractivity contribution in [2.45, 2.75) is 11.3 Å². The minimum atomic E-state index is -1.23. The van der Waals surface area contributed by atoms with Gasteiger partial charge in [-0.3, -0.25) is 9.36 Å². The molecule has 1 heterocycles. The maximum atomic E-state index is 13.2. The molecule has 6 nitrogen and oxygen atoms in total. The van der Waals surface area contributed by atoms with E-state index in [1.165, 1.54) is 46.8 Å². The van der Waals surface area contributed by atoms with Gasteiger partial charge in [0.2, 0.25) is 6.10 Å². The minimum Gasteiger partial charge on any atom is -0.443 e. The lowest BCUT2D eigenvalue weighted by atomic mass is 10.1. The van der Waals surface area contributed by atoms with Crippen molar-refractivity contribution in [2.24, 2.45) is 5.73 Å². The van der Waals surface area contributed by atoms with Gasteiger partial charge in [-0.15, -0.1) is 0 Å². The van der Waals surface area contributed by atoms with Gasteiger partial charge in [0.05, 0.1) is 6.20 Å². The monoisotopic (exact) mass is 385 g/mol. The summed E-state index contributed by atoms with van der Waals surface area (Å²) >= 11 is 1.31. The van der Waals surface area contributed by atoms with Gasteiger partial charge in [-0.2, -0.15) is 0 Å². The van der Waals surface area contributed by atoms with Crippen LogP contribution >= 0.6 is 11.8 Å². The molecule has 0 radical (unpaired) electrons. The molecular formula is C19H16FN3O3S. The first-order chi connectivity index (χ1) is 13.0. The molecule has 0 fully saturated rings. The number of carbonyl (C=O) groups is 2. The number of imidazole rings is 1. The van der Waals surface area contributed by atoms with E-state index in [0.29, 0.717) is 16.4 Å². The fraction of sp³-hybridized carbons (Fsp3) is 0.105. The van der Waals surface area contributed by atoms with Crippen molar-refractivity contribution in [3.05, 3.63) is 77.9 Å². The summed E-state index contributed by atoms with van der Waals surface area (Å²) in [5, 5.41) is 0.517. The Morgan fingerprint density at radius 2 is 1.81 bits per heavy atom. The number of ether oxygens (including phenoxy) is 1. The van der Waals surface area contributed by atoms with E-state index in [0.717, 1.165) is 0 Å². The molecule has 1 atom stereocenters. The summed E-state index contributed by atoms with van der Waals surface area (Å²) < 4.78 is 20.2. The molecular weight excluding hydrogens is 369 g/mol. The lowest BCUT2D eigenvalue weighted by molar-refractivity contribution is -0.127. The van der Waals surface area contributed by atoms with Gasteiger partial charge in [-0.05, 0) is 30.5 Å². The summed E-state index contributed by atoms with van der Waals surface area (Å²) in [4.78, 5) is 28.7. The van der Waals surface area contributed by atoms with E-state index < -0.39 is 23.8 Å². The molecule has 3 rings (SSSR count). The summed E-state index contributed by atoms with van der Waals surface area (Å²) in [6.07, 6.45) is 1.92. The SMILES string of the molecule is CSc1ncc(C(=O)OC(C(N)=O)c2ccccc2)n1-c1ccc(F)cc1. The summed E-state index contributed by atoms with van der Waals surface area (Å²) in [5.41, 5.74) is 6.52. The van der Waals surface area contributed by atoms with E-state index in [2.05, 4.69) is 4.98 Å². The molecule has 138 valence electrons. The van der Waals surface area contributed by atoms with Crippen LogP contribution in [-0.2, 0) is 9.53 Å². The van der Waals surface area contributed by atoms with Crippen LogP contribution in [0.2, 0.25) is 0 Å². The van der Waals surface area contributed by atoms with Crippen LogP contribution in [0.25, 0.3) is 5.69 Å². The zero-order valence-electron chi connectivity index (χ0n) is 14.3. The van der Waals surface area contributed by atoms with Gasteiger partial charge in [0.15, 0.2) is 10.9 Å². The van der Waals surface area contributed by atoms with Crippen molar-refractivity contribution >= 4 is 23.6 Å². The van der Waals surface area contributed by atoms with Gasteiger partial charge >= 0.3 is 5.97 Å². The Morgan fingerprint density at radius 1 is 1.15 bits per heavy atom. The van der Waals surface area contributed by atoms with E-state index in [9.17, 15) is 14.0 Å². The van der Waals surface area contributed by atoms with E-state index >= 15 is 0 Å². The molecule has 2 aromatic carbocycles. The van der Waals surface area contributed by atoms with Crippen LogP contribution in [0.15, 0.2) is 66.0 Å². The number of halogens is 1. The predicted octanol–water partition coefficient (Wildman–Crippen LogP) is 3.12. The third-order valence-corrected chi connectivity index (χ3v) is 4.44. The number of nitrogens with zero attached hydrogens (tertiary/aromatic N) is 2. The van der Waals surface area contributed by atoms with Crippen LogP contribution in [0.4, 0.5) is 4.39 Å². The molecule has 1 aromatic heterocycles. The van der Waals surface area contributed by atoms with Gasteiger partial charge in [-0.25, -0.2) is 14.2 Å². The molecule has 1 amide bonds. The van der Waals surface area contributed by atoms with Crippen LogP contribution in [0.1, 0.15) is 22.2 Å². The smallest absolute Gasteiger partial charge is 0.358 e. The zero-order chi connectivity index (χ0) is 19.4. The number of hydrogen-bond donors (Lipinski definition) is 1. The minimum absolute atomic E-state index is 0.105. The second-order valence-corrected chi connectivity index (χ2v) is 6.31. The molecule has 0 aliphatic carbocycles. The number of carbonyl (C=O) groups excluding carboxylic acids is 2. The molecule has 8 heteroatoms. The first-order valence-corrected chi connectivity index (χ1v) is 9.16. The Labute approximate surface area is 159 Å². The van der Waals surface area contributed by atoms with Crippen molar-refractivity contribution in [2.75, 3.05) is 6.26 Å². The van der Waals surface area contributed by atoms with Crippen molar-refractivity contribution in [3.8, 4) is 5.69 Å². The quantitative estimate of drug-likeness (QED) is 0.520. The molecule has 0 saturated heterocycles. The van der Waals surface area contributed by atoms with Crippen LogP contribution in [0.5, 0.6) is 0 Å². The Bertz CT molecular complexity index is 958. The van der Waals surface area contributed by atoms with Gasteiger partial charge in [0.25, 0.3) is 5.91 Å². The number of primary amides is 1. The molecule has 1 unspecified atom stereocenters. The number of rotatable bonds is 6. The first kappa shape index (κ1) is 18.7. The van der Waals surface area contributed by atoms with Crippen LogP contribution < -0.4 is 5.73 Å². The Morgan fingerprint density at radius 3 is 2.41 bits per heavy atom. The number of amides is 1. The third kappa shape index (κ3) is 4.01. The van der Waals surface area contributed by atoms with E-state index in [1.54, 1.807) is 36.6 Å². The van der Waals surface area contributed by atoms with E-state index in [-0.39, 0.29) is 5.69 Å². The average molecular weight is 385 g/mol. The fourth-order valence-electron chi connectivity index (χ4n) is 2.55. The number of benzene rings is 2. The number of esters is 1. The molecule has 0 aliphatic heterocycles. The van der Waals surface area contributed by atoms with Gasteiger partial charge < -0.3 is 10.5 Å². The number of aromatic nitrogens is 2. The lowest BCUT2D eigenvalue weighted by Gasteiger charge is -2.16. The van der Waals surface area contributed by atoms with Crippen LogP contribution in [0.3, 0.4) is 0 Å². The molecule has 0 aliphatic rings. The van der Waals surface area contributed by atoms with Crippen molar-refractivity contribution in [1.29, 1.82) is 0 Å². The highest BCUT2D eigenvalue weighted by Crippen LogP contribution is 2.25. The Kier molecular flexibility index (Phi) is 5.56. The molecule has 2 N–H and O–H groups in total. The van der Waals surface area contributed by atoms with Crippen molar-refractivity contribution in [1.82, 2.24) is 9.55 Å². The summed E-state index contributed by atoms with van der Waals surface area (Å²) in [5.74, 6) is -1.95. The molecule has 3 aromatic rings. The van der Waals surface area contributed by atoms with Crippen molar-refractivity contribution < 1.29 is 18.7 Å². The van der Waals surface area contributed by atoms with Gasteiger partial charge in [0, 0.05) is 11.3 Å². The van der Waals surface area contributed by atoms with Crippen molar-refractivity contribution in [3.63, 3.8) is 0 Å². The van der Waals surface area contributed by atoms with E-state index in [1.807, 2.05) is 0 Å². The number of hydrogen-bond acceptors (Lipinski definition) is 5. The third-order valence-electron chi connectivity index (χ3n) is 3.79.